The van der Waals surface area contributed by atoms with Crippen LogP contribution in [-0.2, 0) is 5.75 Å². The average molecular weight is 300 g/mol. The highest BCUT2D eigenvalue weighted by Gasteiger charge is 2.03. The smallest absolute Gasteiger partial charge is 0.138 e. The topological polar surface area (TPSA) is 20.2 Å². The fraction of sp³-hybridized carbons (Fsp3) is 0.222. The summed E-state index contributed by atoms with van der Waals surface area (Å²) in [6.07, 6.45) is 0. The van der Waals surface area contributed by atoms with E-state index < -0.39 is 0 Å². The Balaban J connectivity index is 2.11. The summed E-state index contributed by atoms with van der Waals surface area (Å²) in [5, 5.41) is 8.69. The van der Waals surface area contributed by atoms with Gasteiger partial charge in [0.15, 0.2) is 0 Å². The molecule has 108 valence electrons. The Labute approximate surface area is 129 Å². The fourth-order valence-corrected chi connectivity index (χ4v) is 2.80. The maximum Gasteiger partial charge on any atom is 0.138 e. The molecule has 1 nitrogen and oxygen atoms in total. The second-order valence-electron chi connectivity index (χ2n) is 4.81. The standard InChI is InChI=1S/C18H17FOS/c1-13-5-7-17(10-14(13)2)21-12-15-6-8-18(19)16(11-15)4-3-9-20/h5-8,10-11,20H,9,12H2,1-2H3. The predicted octanol–water partition coefficient (Wildman–Crippen LogP) is 4.08. The van der Waals surface area contributed by atoms with Gasteiger partial charge in [-0.05, 0) is 54.8 Å². The summed E-state index contributed by atoms with van der Waals surface area (Å²) >= 11 is 1.71. The van der Waals surface area contributed by atoms with Gasteiger partial charge in [0.1, 0.15) is 12.4 Å². The molecule has 0 aliphatic heterocycles. The van der Waals surface area contributed by atoms with Crippen molar-refractivity contribution >= 4 is 11.8 Å². The van der Waals surface area contributed by atoms with Gasteiger partial charge in [0.05, 0.1) is 5.56 Å². The third kappa shape index (κ3) is 4.35. The molecule has 0 unspecified atom stereocenters. The molecule has 2 aromatic carbocycles. The van der Waals surface area contributed by atoms with E-state index in [-0.39, 0.29) is 12.4 Å². The molecule has 0 aliphatic rings. The quantitative estimate of drug-likeness (QED) is 0.681. The van der Waals surface area contributed by atoms with Crippen LogP contribution in [0.15, 0.2) is 41.3 Å². The molecule has 0 amide bonds. The van der Waals surface area contributed by atoms with Crippen LogP contribution in [0.3, 0.4) is 0 Å². The first-order chi connectivity index (χ1) is 10.1. The van der Waals surface area contributed by atoms with E-state index in [0.29, 0.717) is 5.56 Å². The van der Waals surface area contributed by atoms with E-state index in [4.69, 9.17) is 5.11 Å². The van der Waals surface area contributed by atoms with Crippen LogP contribution in [0.5, 0.6) is 0 Å². The third-order valence-corrected chi connectivity index (χ3v) is 4.28. The summed E-state index contributed by atoms with van der Waals surface area (Å²) < 4.78 is 13.6. The van der Waals surface area contributed by atoms with Crippen molar-refractivity contribution in [1.82, 2.24) is 0 Å². The first-order valence-electron chi connectivity index (χ1n) is 6.68. The summed E-state index contributed by atoms with van der Waals surface area (Å²) in [7, 11) is 0. The van der Waals surface area contributed by atoms with Gasteiger partial charge in [-0.2, -0.15) is 0 Å². The molecular weight excluding hydrogens is 283 g/mol. The molecule has 3 heteroatoms. The summed E-state index contributed by atoms with van der Waals surface area (Å²) in [5.74, 6) is 5.52. The van der Waals surface area contributed by atoms with Gasteiger partial charge < -0.3 is 5.11 Å². The first kappa shape index (κ1) is 15.6. The van der Waals surface area contributed by atoms with Crippen LogP contribution in [0.1, 0.15) is 22.3 Å². The van der Waals surface area contributed by atoms with Gasteiger partial charge in [-0.25, -0.2) is 4.39 Å². The van der Waals surface area contributed by atoms with Crippen LogP contribution >= 0.6 is 11.8 Å². The number of hydrogen-bond donors (Lipinski definition) is 1. The highest BCUT2D eigenvalue weighted by Crippen LogP contribution is 2.25. The van der Waals surface area contributed by atoms with Crippen LogP contribution in [0.2, 0.25) is 0 Å². The van der Waals surface area contributed by atoms with Gasteiger partial charge in [0.25, 0.3) is 0 Å². The lowest BCUT2D eigenvalue weighted by Crippen LogP contribution is -1.89. The summed E-state index contributed by atoms with van der Waals surface area (Å²) in [4.78, 5) is 1.20. The lowest BCUT2D eigenvalue weighted by atomic mass is 10.1. The zero-order valence-electron chi connectivity index (χ0n) is 12.1. The molecule has 0 fully saturated rings. The van der Waals surface area contributed by atoms with Gasteiger partial charge in [-0.3, -0.25) is 0 Å². The normalized spacial score (nSPS) is 10.1. The molecule has 2 rings (SSSR count). The van der Waals surface area contributed by atoms with E-state index in [1.54, 1.807) is 23.9 Å². The van der Waals surface area contributed by atoms with Crippen molar-refractivity contribution in [3.8, 4) is 11.8 Å². The molecule has 0 radical (unpaired) electrons. The number of aryl methyl sites for hydroxylation is 2. The fourth-order valence-electron chi connectivity index (χ4n) is 1.86. The molecular formula is C18H17FOS. The number of aliphatic hydroxyl groups is 1. The molecule has 0 saturated heterocycles. The maximum atomic E-state index is 13.6. The highest BCUT2D eigenvalue weighted by atomic mass is 32.2. The van der Waals surface area contributed by atoms with Crippen molar-refractivity contribution in [2.75, 3.05) is 6.61 Å². The molecule has 2 aromatic rings. The number of aliphatic hydroxyl groups excluding tert-OH is 1. The second kappa shape index (κ2) is 7.31. The highest BCUT2D eigenvalue weighted by molar-refractivity contribution is 7.98. The minimum Gasteiger partial charge on any atom is -0.384 e. The van der Waals surface area contributed by atoms with Gasteiger partial charge in [-0.15, -0.1) is 11.8 Å². The largest absolute Gasteiger partial charge is 0.384 e. The second-order valence-corrected chi connectivity index (χ2v) is 5.86. The molecule has 0 heterocycles. The number of rotatable bonds is 3. The Bertz CT molecular complexity index is 698. The van der Waals surface area contributed by atoms with Crippen molar-refractivity contribution in [3.63, 3.8) is 0 Å². The van der Waals surface area contributed by atoms with Crippen molar-refractivity contribution < 1.29 is 9.50 Å². The van der Waals surface area contributed by atoms with Crippen LogP contribution < -0.4 is 0 Å². The Morgan fingerprint density at radius 2 is 1.90 bits per heavy atom. The minimum atomic E-state index is -0.351. The Hall–Kier alpha value is -1.76. The third-order valence-electron chi connectivity index (χ3n) is 3.22. The molecule has 0 saturated carbocycles. The maximum absolute atomic E-state index is 13.6. The van der Waals surface area contributed by atoms with Crippen molar-refractivity contribution in [3.05, 3.63) is 64.5 Å². The zero-order valence-corrected chi connectivity index (χ0v) is 12.9. The lowest BCUT2D eigenvalue weighted by molar-refractivity contribution is 0.350. The number of halogens is 1. The van der Waals surface area contributed by atoms with E-state index in [1.807, 2.05) is 0 Å². The van der Waals surface area contributed by atoms with Crippen molar-refractivity contribution in [2.24, 2.45) is 0 Å². The molecule has 0 aromatic heterocycles. The molecule has 0 aliphatic carbocycles. The molecule has 0 spiro atoms. The zero-order chi connectivity index (χ0) is 15.2. The monoisotopic (exact) mass is 300 g/mol. The summed E-state index contributed by atoms with van der Waals surface area (Å²) in [6.45, 7) is 3.93. The van der Waals surface area contributed by atoms with Crippen molar-refractivity contribution in [2.45, 2.75) is 24.5 Å². The lowest BCUT2D eigenvalue weighted by Gasteiger charge is -2.06. The van der Waals surface area contributed by atoms with Crippen LogP contribution in [0.4, 0.5) is 4.39 Å². The number of benzene rings is 2. The molecule has 21 heavy (non-hydrogen) atoms. The van der Waals surface area contributed by atoms with Gasteiger partial charge in [-0.1, -0.05) is 24.0 Å². The molecule has 1 N–H and O–H groups in total. The van der Waals surface area contributed by atoms with E-state index in [2.05, 4.69) is 43.9 Å². The molecule has 0 atom stereocenters. The Morgan fingerprint density at radius 1 is 1.10 bits per heavy atom. The predicted molar refractivity (Wildman–Crippen MR) is 85.8 cm³/mol. The first-order valence-corrected chi connectivity index (χ1v) is 7.67. The van der Waals surface area contributed by atoms with Crippen LogP contribution in [0, 0.1) is 31.5 Å². The van der Waals surface area contributed by atoms with Gasteiger partial charge >= 0.3 is 0 Å². The van der Waals surface area contributed by atoms with E-state index >= 15 is 0 Å². The number of thioether (sulfide) groups is 1. The number of hydrogen-bond acceptors (Lipinski definition) is 2. The Kier molecular flexibility index (Phi) is 5.44. The van der Waals surface area contributed by atoms with E-state index in [0.717, 1.165) is 11.3 Å². The molecule has 0 bridgehead atoms. The van der Waals surface area contributed by atoms with Gasteiger partial charge in [0, 0.05) is 10.6 Å². The van der Waals surface area contributed by atoms with E-state index in [1.165, 1.54) is 22.1 Å². The Morgan fingerprint density at radius 3 is 2.62 bits per heavy atom. The van der Waals surface area contributed by atoms with Crippen LogP contribution in [-0.4, -0.2) is 11.7 Å². The summed E-state index contributed by atoms with van der Waals surface area (Å²) in [5.41, 5.74) is 3.90. The van der Waals surface area contributed by atoms with E-state index in [9.17, 15) is 4.39 Å². The SMILES string of the molecule is Cc1ccc(SCc2ccc(F)c(C#CCO)c2)cc1C. The average Bonchev–Trinajstić information content (AvgIpc) is 2.48. The van der Waals surface area contributed by atoms with Crippen LogP contribution in [0.25, 0.3) is 0 Å². The van der Waals surface area contributed by atoms with Gasteiger partial charge in [0.2, 0.25) is 0 Å². The van der Waals surface area contributed by atoms with Crippen molar-refractivity contribution in [1.29, 1.82) is 0 Å². The minimum absolute atomic E-state index is 0.263. The summed E-state index contributed by atoms with van der Waals surface area (Å²) in [6, 6.07) is 11.3.